The summed E-state index contributed by atoms with van der Waals surface area (Å²) in [6.07, 6.45) is 0. The summed E-state index contributed by atoms with van der Waals surface area (Å²) in [6.45, 7) is 0. The van der Waals surface area contributed by atoms with Gasteiger partial charge < -0.3 is 9.47 Å². The number of benzene rings is 1. The van der Waals surface area contributed by atoms with Crippen molar-refractivity contribution in [1.29, 1.82) is 0 Å². The highest BCUT2D eigenvalue weighted by atomic mass is 16.5. The van der Waals surface area contributed by atoms with Gasteiger partial charge in [-0.1, -0.05) is 0 Å². The van der Waals surface area contributed by atoms with Gasteiger partial charge in [-0.15, -0.1) is 0 Å². The first-order valence-electron chi connectivity index (χ1n) is 3.96. The SMILES string of the molecule is COc1ccc(OC)c(C(=O)NN)c1. The number of hydrazine groups is 1. The fourth-order valence-corrected chi connectivity index (χ4v) is 1.07. The molecule has 0 unspecified atom stereocenters. The van der Waals surface area contributed by atoms with Gasteiger partial charge >= 0.3 is 0 Å². The molecule has 0 saturated carbocycles. The van der Waals surface area contributed by atoms with E-state index in [9.17, 15) is 4.79 Å². The van der Waals surface area contributed by atoms with Gasteiger partial charge in [0.15, 0.2) is 0 Å². The molecule has 5 heteroatoms. The minimum absolute atomic E-state index is 0.342. The van der Waals surface area contributed by atoms with E-state index >= 15 is 0 Å². The molecule has 0 aliphatic carbocycles. The number of methoxy groups -OCH3 is 2. The van der Waals surface area contributed by atoms with Gasteiger partial charge in [-0.3, -0.25) is 10.2 Å². The second-order valence-corrected chi connectivity index (χ2v) is 2.54. The third-order valence-corrected chi connectivity index (χ3v) is 1.78. The number of nitrogens with two attached hydrogens (primary N) is 1. The van der Waals surface area contributed by atoms with E-state index in [1.807, 2.05) is 5.43 Å². The summed E-state index contributed by atoms with van der Waals surface area (Å²) < 4.78 is 9.97. The summed E-state index contributed by atoms with van der Waals surface area (Å²) in [4.78, 5) is 11.3. The number of carbonyl (C=O) groups excluding carboxylic acids is 1. The summed E-state index contributed by atoms with van der Waals surface area (Å²) in [5, 5.41) is 0. The average molecular weight is 196 g/mol. The van der Waals surface area contributed by atoms with Gasteiger partial charge in [0, 0.05) is 0 Å². The average Bonchev–Trinajstić information content (AvgIpc) is 2.27. The van der Waals surface area contributed by atoms with Crippen LogP contribution in [0.3, 0.4) is 0 Å². The molecule has 1 rings (SSSR count). The quantitative estimate of drug-likeness (QED) is 0.414. The van der Waals surface area contributed by atoms with Crippen molar-refractivity contribution in [3.05, 3.63) is 23.8 Å². The number of nitrogen functional groups attached to an aromatic ring is 1. The summed E-state index contributed by atoms with van der Waals surface area (Å²) >= 11 is 0. The first-order valence-corrected chi connectivity index (χ1v) is 3.96. The molecule has 0 atom stereocenters. The Bertz CT molecular complexity index is 339. The molecule has 14 heavy (non-hydrogen) atoms. The first-order chi connectivity index (χ1) is 6.72. The van der Waals surface area contributed by atoms with Crippen molar-refractivity contribution in [3.63, 3.8) is 0 Å². The second-order valence-electron chi connectivity index (χ2n) is 2.54. The van der Waals surface area contributed by atoms with Crippen LogP contribution in [0.1, 0.15) is 10.4 Å². The van der Waals surface area contributed by atoms with Crippen molar-refractivity contribution in [1.82, 2.24) is 5.43 Å². The predicted molar refractivity (Wildman–Crippen MR) is 51.2 cm³/mol. The van der Waals surface area contributed by atoms with Gasteiger partial charge in [0.25, 0.3) is 5.91 Å². The van der Waals surface area contributed by atoms with E-state index in [1.165, 1.54) is 14.2 Å². The molecule has 0 heterocycles. The Hall–Kier alpha value is -1.75. The van der Waals surface area contributed by atoms with Gasteiger partial charge in [-0.05, 0) is 18.2 Å². The third-order valence-electron chi connectivity index (χ3n) is 1.78. The molecular weight excluding hydrogens is 184 g/mol. The normalized spacial score (nSPS) is 9.36. The van der Waals surface area contributed by atoms with Crippen LogP contribution in [-0.2, 0) is 0 Å². The van der Waals surface area contributed by atoms with Crippen molar-refractivity contribution in [3.8, 4) is 11.5 Å². The van der Waals surface area contributed by atoms with Gasteiger partial charge in [0.1, 0.15) is 11.5 Å². The standard InChI is InChI=1S/C9H12N2O3/c1-13-6-3-4-8(14-2)7(5-6)9(12)11-10/h3-5H,10H2,1-2H3,(H,11,12). The molecule has 0 spiro atoms. The Morgan fingerprint density at radius 3 is 2.57 bits per heavy atom. The van der Waals surface area contributed by atoms with Crippen LogP contribution in [0.25, 0.3) is 0 Å². The van der Waals surface area contributed by atoms with Crippen molar-refractivity contribution in [2.75, 3.05) is 14.2 Å². The molecule has 0 aromatic heterocycles. The molecule has 1 aromatic rings. The minimum Gasteiger partial charge on any atom is -0.497 e. The molecule has 5 nitrogen and oxygen atoms in total. The lowest BCUT2D eigenvalue weighted by atomic mass is 10.2. The number of carbonyl (C=O) groups is 1. The molecule has 0 saturated heterocycles. The Morgan fingerprint density at radius 1 is 1.36 bits per heavy atom. The van der Waals surface area contributed by atoms with E-state index in [0.29, 0.717) is 17.1 Å². The van der Waals surface area contributed by atoms with Crippen LogP contribution in [0.15, 0.2) is 18.2 Å². The molecule has 0 aliphatic heterocycles. The molecule has 0 bridgehead atoms. The van der Waals surface area contributed by atoms with Crippen LogP contribution in [-0.4, -0.2) is 20.1 Å². The van der Waals surface area contributed by atoms with E-state index in [2.05, 4.69) is 0 Å². The van der Waals surface area contributed by atoms with Crippen LogP contribution in [0.5, 0.6) is 11.5 Å². The highest BCUT2D eigenvalue weighted by molar-refractivity contribution is 5.96. The second kappa shape index (κ2) is 4.48. The predicted octanol–water partition coefficient (Wildman–Crippen LogP) is 0.307. The minimum atomic E-state index is -0.416. The summed E-state index contributed by atoms with van der Waals surface area (Å²) in [7, 11) is 3.00. The zero-order valence-electron chi connectivity index (χ0n) is 8.03. The van der Waals surface area contributed by atoms with Crippen LogP contribution >= 0.6 is 0 Å². The highest BCUT2D eigenvalue weighted by Gasteiger charge is 2.11. The van der Waals surface area contributed by atoms with Gasteiger partial charge in [-0.2, -0.15) is 0 Å². The van der Waals surface area contributed by atoms with Crippen molar-refractivity contribution >= 4 is 5.91 Å². The number of ether oxygens (including phenoxy) is 2. The number of amides is 1. The lowest BCUT2D eigenvalue weighted by Crippen LogP contribution is -2.30. The number of hydrogen-bond acceptors (Lipinski definition) is 4. The highest BCUT2D eigenvalue weighted by Crippen LogP contribution is 2.23. The first kappa shape index (κ1) is 10.3. The smallest absolute Gasteiger partial charge is 0.269 e. The van der Waals surface area contributed by atoms with Crippen molar-refractivity contribution in [2.45, 2.75) is 0 Å². The summed E-state index contributed by atoms with van der Waals surface area (Å²) in [5.41, 5.74) is 2.37. The molecule has 0 aliphatic rings. The van der Waals surface area contributed by atoms with Gasteiger partial charge in [0.2, 0.25) is 0 Å². The lowest BCUT2D eigenvalue weighted by Gasteiger charge is -2.08. The van der Waals surface area contributed by atoms with E-state index in [0.717, 1.165) is 0 Å². The van der Waals surface area contributed by atoms with E-state index in [1.54, 1.807) is 18.2 Å². The molecule has 76 valence electrons. The van der Waals surface area contributed by atoms with Crippen LogP contribution < -0.4 is 20.7 Å². The molecule has 1 aromatic carbocycles. The summed E-state index contributed by atoms with van der Waals surface area (Å²) in [6, 6.07) is 4.90. The van der Waals surface area contributed by atoms with E-state index in [4.69, 9.17) is 15.3 Å². The summed E-state index contributed by atoms with van der Waals surface area (Å²) in [5.74, 6) is 5.63. The van der Waals surface area contributed by atoms with Crippen molar-refractivity contribution < 1.29 is 14.3 Å². The lowest BCUT2D eigenvalue weighted by molar-refractivity contribution is 0.0950. The van der Waals surface area contributed by atoms with Gasteiger partial charge in [0.05, 0.1) is 19.8 Å². The molecular formula is C9H12N2O3. The Balaban J connectivity index is 3.14. The topological polar surface area (TPSA) is 73.6 Å². The maximum Gasteiger partial charge on any atom is 0.269 e. The largest absolute Gasteiger partial charge is 0.497 e. The monoisotopic (exact) mass is 196 g/mol. The third kappa shape index (κ3) is 1.94. The molecule has 0 fully saturated rings. The zero-order chi connectivity index (χ0) is 10.6. The Kier molecular flexibility index (Phi) is 3.30. The van der Waals surface area contributed by atoms with E-state index in [-0.39, 0.29) is 0 Å². The zero-order valence-corrected chi connectivity index (χ0v) is 8.03. The van der Waals surface area contributed by atoms with Crippen LogP contribution in [0, 0.1) is 0 Å². The van der Waals surface area contributed by atoms with Gasteiger partial charge in [-0.25, -0.2) is 5.84 Å². The van der Waals surface area contributed by atoms with Crippen molar-refractivity contribution in [2.24, 2.45) is 5.84 Å². The molecule has 3 N–H and O–H groups in total. The number of nitrogens with one attached hydrogen (secondary N) is 1. The van der Waals surface area contributed by atoms with Crippen LogP contribution in [0.2, 0.25) is 0 Å². The number of hydrogen-bond donors (Lipinski definition) is 2. The van der Waals surface area contributed by atoms with Crippen LogP contribution in [0.4, 0.5) is 0 Å². The fraction of sp³-hybridized carbons (Fsp3) is 0.222. The fourth-order valence-electron chi connectivity index (χ4n) is 1.07. The molecule has 0 radical (unpaired) electrons. The Labute approximate surface area is 81.8 Å². The maximum atomic E-state index is 11.3. The van der Waals surface area contributed by atoms with E-state index < -0.39 is 5.91 Å². The molecule has 1 amide bonds. The Morgan fingerprint density at radius 2 is 2.07 bits per heavy atom. The number of rotatable bonds is 3. The maximum absolute atomic E-state index is 11.3.